The van der Waals surface area contributed by atoms with E-state index >= 15 is 0 Å². The zero-order valence-corrected chi connectivity index (χ0v) is 18.7. The van der Waals surface area contributed by atoms with E-state index in [-0.39, 0.29) is 23.6 Å². The fourth-order valence-corrected chi connectivity index (χ4v) is 4.41. The molecule has 0 bridgehead atoms. The van der Waals surface area contributed by atoms with Gasteiger partial charge in [-0.25, -0.2) is 0 Å². The topological polar surface area (TPSA) is 87.7 Å². The number of piperidine rings is 1. The first kappa shape index (κ1) is 22.8. The first-order chi connectivity index (χ1) is 15.0. The van der Waals surface area contributed by atoms with Gasteiger partial charge in [0.05, 0.1) is 12.0 Å². The van der Waals surface area contributed by atoms with Crippen molar-refractivity contribution in [3.63, 3.8) is 0 Å². The van der Waals surface area contributed by atoms with Gasteiger partial charge in [-0.15, -0.1) is 11.3 Å². The van der Waals surface area contributed by atoms with Gasteiger partial charge in [0.1, 0.15) is 11.8 Å². The molecule has 1 saturated heterocycles. The molecule has 3 rings (SSSR count). The van der Waals surface area contributed by atoms with Crippen molar-refractivity contribution in [2.45, 2.75) is 32.2 Å². The zero-order chi connectivity index (χ0) is 22.2. The largest absolute Gasteiger partial charge is 0.497 e. The van der Waals surface area contributed by atoms with Crippen molar-refractivity contribution < 1.29 is 19.1 Å². The molecule has 2 N–H and O–H groups in total. The molecule has 1 aromatic carbocycles. The number of likely N-dealkylation sites (tertiary alicyclic amines) is 1. The number of rotatable bonds is 8. The quantitative estimate of drug-likeness (QED) is 0.657. The van der Waals surface area contributed by atoms with Gasteiger partial charge in [-0.05, 0) is 60.9 Å². The first-order valence-electron chi connectivity index (χ1n) is 10.6. The Morgan fingerprint density at radius 2 is 1.87 bits per heavy atom. The molecule has 1 aliphatic rings. The highest BCUT2D eigenvalue weighted by molar-refractivity contribution is 7.12. The van der Waals surface area contributed by atoms with Gasteiger partial charge in [0, 0.05) is 25.2 Å². The third kappa shape index (κ3) is 5.85. The summed E-state index contributed by atoms with van der Waals surface area (Å²) in [5.74, 6) is 0.189. The van der Waals surface area contributed by atoms with Crippen LogP contribution in [0.5, 0.6) is 5.75 Å². The van der Waals surface area contributed by atoms with E-state index in [0.29, 0.717) is 43.8 Å². The predicted molar refractivity (Wildman–Crippen MR) is 120 cm³/mol. The van der Waals surface area contributed by atoms with Gasteiger partial charge in [0.25, 0.3) is 11.8 Å². The first-order valence-corrected chi connectivity index (χ1v) is 11.5. The molecule has 2 aromatic rings. The number of methoxy groups -OCH3 is 1. The lowest BCUT2D eigenvalue weighted by molar-refractivity contribution is -0.124. The van der Waals surface area contributed by atoms with Crippen LogP contribution in [0.25, 0.3) is 0 Å². The molecule has 1 aliphatic heterocycles. The average Bonchev–Trinajstić information content (AvgIpc) is 3.35. The Hall–Kier alpha value is -2.87. The molecule has 0 radical (unpaired) electrons. The second kappa shape index (κ2) is 10.9. The van der Waals surface area contributed by atoms with E-state index in [0.717, 1.165) is 11.3 Å². The van der Waals surface area contributed by atoms with Crippen LogP contribution in [0.3, 0.4) is 0 Å². The lowest BCUT2D eigenvalue weighted by Crippen LogP contribution is -2.53. The second-order valence-electron chi connectivity index (χ2n) is 7.58. The normalized spacial score (nSPS) is 15.2. The number of carbonyl (C=O) groups is 3. The van der Waals surface area contributed by atoms with Gasteiger partial charge in [0.2, 0.25) is 5.91 Å². The Morgan fingerprint density at radius 1 is 1.16 bits per heavy atom. The van der Waals surface area contributed by atoms with Crippen LogP contribution in [0.1, 0.15) is 46.2 Å². The summed E-state index contributed by atoms with van der Waals surface area (Å²) >= 11 is 1.43. The molecule has 0 saturated carbocycles. The van der Waals surface area contributed by atoms with E-state index in [1.165, 1.54) is 11.3 Å². The maximum atomic E-state index is 12.8. The number of amides is 3. The number of hydrogen-bond donors (Lipinski definition) is 2. The fourth-order valence-electron chi connectivity index (χ4n) is 3.71. The van der Waals surface area contributed by atoms with E-state index in [2.05, 4.69) is 10.6 Å². The molecule has 2 heterocycles. The SMILES string of the molecule is CCCNC(=O)C(NC(=O)c1ccc(OC)cc1)C1CCN(C(=O)c2cccs2)CC1. The predicted octanol–water partition coefficient (Wildman–Crippen LogP) is 2.93. The third-order valence-corrected chi connectivity index (χ3v) is 6.36. The number of benzene rings is 1. The fraction of sp³-hybridized carbons (Fsp3) is 0.435. The van der Waals surface area contributed by atoms with Gasteiger partial charge in [-0.2, -0.15) is 0 Å². The number of hydrogen-bond acceptors (Lipinski definition) is 5. The number of nitrogens with zero attached hydrogens (tertiary/aromatic N) is 1. The third-order valence-electron chi connectivity index (χ3n) is 5.50. The van der Waals surface area contributed by atoms with Crippen molar-refractivity contribution in [2.24, 2.45) is 5.92 Å². The summed E-state index contributed by atoms with van der Waals surface area (Å²) in [6.07, 6.45) is 2.13. The standard InChI is InChI=1S/C23H29N3O4S/c1-3-12-24-22(28)20(25-21(27)17-6-8-18(30-2)9-7-17)16-10-13-26(14-11-16)23(29)19-5-4-15-31-19/h4-9,15-16,20H,3,10-14H2,1-2H3,(H,24,28)(H,25,27). The van der Waals surface area contributed by atoms with Crippen molar-refractivity contribution >= 4 is 29.1 Å². The summed E-state index contributed by atoms with van der Waals surface area (Å²) in [7, 11) is 1.57. The molecule has 1 aromatic heterocycles. The average molecular weight is 444 g/mol. The maximum Gasteiger partial charge on any atom is 0.263 e. The molecular weight excluding hydrogens is 414 g/mol. The number of nitrogens with one attached hydrogen (secondary N) is 2. The molecule has 31 heavy (non-hydrogen) atoms. The van der Waals surface area contributed by atoms with E-state index in [1.807, 2.05) is 29.3 Å². The monoisotopic (exact) mass is 443 g/mol. The summed E-state index contributed by atoms with van der Waals surface area (Å²) in [6.45, 7) is 3.68. The Kier molecular flexibility index (Phi) is 8.06. The highest BCUT2D eigenvalue weighted by Gasteiger charge is 2.34. The van der Waals surface area contributed by atoms with Gasteiger partial charge in [-0.1, -0.05) is 13.0 Å². The Bertz CT molecular complexity index is 875. The molecule has 1 fully saturated rings. The van der Waals surface area contributed by atoms with Gasteiger partial charge in [-0.3, -0.25) is 14.4 Å². The summed E-state index contributed by atoms with van der Waals surface area (Å²) in [6, 6.07) is 9.85. The lowest BCUT2D eigenvalue weighted by Gasteiger charge is -2.35. The van der Waals surface area contributed by atoms with Crippen molar-refractivity contribution in [2.75, 3.05) is 26.7 Å². The maximum absolute atomic E-state index is 12.8. The van der Waals surface area contributed by atoms with Crippen LogP contribution in [0.2, 0.25) is 0 Å². The zero-order valence-electron chi connectivity index (χ0n) is 17.9. The second-order valence-corrected chi connectivity index (χ2v) is 8.53. The summed E-state index contributed by atoms with van der Waals surface area (Å²) in [5, 5.41) is 7.73. The minimum absolute atomic E-state index is 0.0303. The molecule has 3 amide bonds. The van der Waals surface area contributed by atoms with Gasteiger partial charge < -0.3 is 20.3 Å². The van der Waals surface area contributed by atoms with E-state index < -0.39 is 6.04 Å². The highest BCUT2D eigenvalue weighted by atomic mass is 32.1. The molecule has 1 atom stereocenters. The van der Waals surface area contributed by atoms with Gasteiger partial charge in [0.15, 0.2) is 0 Å². The summed E-state index contributed by atoms with van der Waals surface area (Å²) < 4.78 is 5.14. The van der Waals surface area contributed by atoms with Crippen LogP contribution >= 0.6 is 11.3 Å². The summed E-state index contributed by atoms with van der Waals surface area (Å²) in [4.78, 5) is 40.8. The van der Waals surface area contributed by atoms with Crippen molar-refractivity contribution in [1.29, 1.82) is 0 Å². The van der Waals surface area contributed by atoms with E-state index in [1.54, 1.807) is 31.4 Å². The van der Waals surface area contributed by atoms with Crippen molar-refractivity contribution in [3.8, 4) is 5.75 Å². The van der Waals surface area contributed by atoms with Gasteiger partial charge >= 0.3 is 0 Å². The molecular formula is C23H29N3O4S. The van der Waals surface area contributed by atoms with Crippen molar-refractivity contribution in [3.05, 3.63) is 52.2 Å². The highest BCUT2D eigenvalue weighted by Crippen LogP contribution is 2.24. The molecule has 7 nitrogen and oxygen atoms in total. The van der Waals surface area contributed by atoms with Crippen LogP contribution in [0.4, 0.5) is 0 Å². The Morgan fingerprint density at radius 3 is 2.45 bits per heavy atom. The molecule has 0 aliphatic carbocycles. The minimum Gasteiger partial charge on any atom is -0.497 e. The van der Waals surface area contributed by atoms with Crippen LogP contribution < -0.4 is 15.4 Å². The van der Waals surface area contributed by atoms with E-state index in [4.69, 9.17) is 4.74 Å². The minimum atomic E-state index is -0.639. The van der Waals surface area contributed by atoms with Crippen LogP contribution in [-0.2, 0) is 4.79 Å². The number of ether oxygens (including phenoxy) is 1. The number of thiophene rings is 1. The molecule has 166 valence electrons. The van der Waals surface area contributed by atoms with Crippen molar-refractivity contribution in [1.82, 2.24) is 15.5 Å². The molecule has 0 spiro atoms. The number of carbonyl (C=O) groups excluding carboxylic acids is 3. The van der Waals surface area contributed by atoms with Crippen LogP contribution in [0, 0.1) is 5.92 Å². The molecule has 8 heteroatoms. The van der Waals surface area contributed by atoms with Crippen LogP contribution in [-0.4, -0.2) is 55.4 Å². The smallest absolute Gasteiger partial charge is 0.263 e. The summed E-state index contributed by atoms with van der Waals surface area (Å²) in [5.41, 5.74) is 0.472. The Balaban J connectivity index is 1.66. The molecule has 1 unspecified atom stereocenters. The lowest BCUT2D eigenvalue weighted by atomic mass is 9.88. The van der Waals surface area contributed by atoms with E-state index in [9.17, 15) is 14.4 Å². The van der Waals surface area contributed by atoms with Crippen LogP contribution in [0.15, 0.2) is 41.8 Å². The Labute approximate surface area is 186 Å².